The van der Waals surface area contributed by atoms with Crippen LogP contribution in [0, 0.1) is 11.8 Å². The van der Waals surface area contributed by atoms with Crippen LogP contribution in [0.4, 0.5) is 13.2 Å². The number of hydrogen-bond acceptors (Lipinski definition) is 4. The molecule has 1 aromatic rings. The summed E-state index contributed by atoms with van der Waals surface area (Å²) in [5.74, 6) is -0.0389. The highest BCUT2D eigenvalue weighted by atomic mass is 28.4. The average Bonchev–Trinajstić information content (AvgIpc) is 3.16. The Balaban J connectivity index is 2.39. The average molecular weight is 599 g/mol. The van der Waals surface area contributed by atoms with E-state index in [0.717, 1.165) is 30.3 Å². The number of Topliss-reactive ketones (excluding diaryl/α,β-unsaturated/α-hetero) is 1. The molecule has 1 saturated carbocycles. The first-order valence-electron chi connectivity index (χ1n) is 14.5. The summed E-state index contributed by atoms with van der Waals surface area (Å²) >= 11 is 0. The van der Waals surface area contributed by atoms with E-state index in [2.05, 4.69) is 61.2 Å². The van der Waals surface area contributed by atoms with Gasteiger partial charge in [-0.15, -0.1) is 6.58 Å². The normalized spacial score (nSPS) is 21.7. The minimum absolute atomic E-state index is 0.000145. The first kappa shape index (κ1) is 34.5. The van der Waals surface area contributed by atoms with Gasteiger partial charge in [-0.2, -0.15) is 13.2 Å². The van der Waals surface area contributed by atoms with Gasteiger partial charge in [0.15, 0.2) is 16.6 Å². The number of allylic oxidation sites excluding steroid dienone is 1. The maximum Gasteiger partial charge on any atom is 0.416 e. The summed E-state index contributed by atoms with van der Waals surface area (Å²) < 4.78 is 59.1. The Morgan fingerprint density at radius 3 is 2.25 bits per heavy atom. The lowest BCUT2D eigenvalue weighted by molar-refractivity contribution is -0.137. The Bertz CT molecular complexity index is 1000. The number of halogens is 3. The molecule has 1 aromatic carbocycles. The summed E-state index contributed by atoms with van der Waals surface area (Å²) in [5.41, 5.74) is -0.750. The number of ketones is 1. The van der Waals surface area contributed by atoms with E-state index in [-0.39, 0.29) is 41.1 Å². The molecule has 9 heteroatoms. The van der Waals surface area contributed by atoms with Gasteiger partial charge in [-0.1, -0.05) is 65.8 Å². The van der Waals surface area contributed by atoms with Gasteiger partial charge in [0.25, 0.3) is 0 Å². The SMILES string of the molecule is C=CC[C@H]1C(=O)C[C@@H](O[Si](C)(C)C(C)(C)C)[C@@H]1C=CC(COc1cccc(C(F)(F)F)c1)O[Si](CC)(CC)CC. The van der Waals surface area contributed by atoms with Crippen molar-refractivity contribution in [2.75, 3.05) is 6.61 Å². The minimum atomic E-state index is -4.45. The van der Waals surface area contributed by atoms with Crippen molar-refractivity contribution in [2.24, 2.45) is 11.8 Å². The predicted octanol–water partition coefficient (Wildman–Crippen LogP) is 9.20. The number of carbonyl (C=O) groups is 1. The lowest BCUT2D eigenvalue weighted by atomic mass is 9.90. The third-order valence-electron chi connectivity index (χ3n) is 8.84. The van der Waals surface area contributed by atoms with Crippen molar-refractivity contribution in [3.8, 4) is 5.75 Å². The van der Waals surface area contributed by atoms with Gasteiger partial charge in [-0.05, 0) is 60.9 Å². The zero-order valence-corrected chi connectivity index (χ0v) is 27.6. The van der Waals surface area contributed by atoms with Crippen molar-refractivity contribution < 1.29 is 31.6 Å². The van der Waals surface area contributed by atoms with Crippen LogP contribution >= 0.6 is 0 Å². The molecule has 0 N–H and O–H groups in total. The molecule has 0 bridgehead atoms. The molecule has 0 heterocycles. The summed E-state index contributed by atoms with van der Waals surface area (Å²) in [6, 6.07) is 7.69. The molecule has 1 fully saturated rings. The Morgan fingerprint density at radius 1 is 1.10 bits per heavy atom. The van der Waals surface area contributed by atoms with Crippen molar-refractivity contribution >= 4 is 22.4 Å². The van der Waals surface area contributed by atoms with Crippen LogP contribution in [-0.2, 0) is 19.8 Å². The van der Waals surface area contributed by atoms with Crippen LogP contribution in [0.5, 0.6) is 5.75 Å². The van der Waals surface area contributed by atoms with Crippen LogP contribution in [-0.4, -0.2) is 41.2 Å². The van der Waals surface area contributed by atoms with Crippen LogP contribution in [0.2, 0.25) is 36.3 Å². The number of hydrogen-bond donors (Lipinski definition) is 0. The van der Waals surface area contributed by atoms with E-state index in [0.29, 0.717) is 12.8 Å². The smallest absolute Gasteiger partial charge is 0.416 e. The molecule has 1 aliphatic carbocycles. The number of benzene rings is 1. The quantitative estimate of drug-likeness (QED) is 0.158. The Labute approximate surface area is 241 Å². The van der Waals surface area contributed by atoms with E-state index in [1.807, 2.05) is 12.2 Å². The van der Waals surface area contributed by atoms with Gasteiger partial charge in [0.2, 0.25) is 0 Å². The summed E-state index contributed by atoms with van der Waals surface area (Å²) in [5, 5.41) is -0.000145. The van der Waals surface area contributed by atoms with E-state index in [4.69, 9.17) is 13.6 Å². The lowest BCUT2D eigenvalue weighted by Crippen LogP contribution is -2.45. The molecule has 0 saturated heterocycles. The molecule has 4 atom stereocenters. The highest BCUT2D eigenvalue weighted by Crippen LogP contribution is 2.43. The van der Waals surface area contributed by atoms with Crippen molar-refractivity contribution in [1.82, 2.24) is 0 Å². The Kier molecular flexibility index (Phi) is 12.1. The van der Waals surface area contributed by atoms with Crippen molar-refractivity contribution in [1.29, 1.82) is 0 Å². The molecule has 0 aliphatic heterocycles. The van der Waals surface area contributed by atoms with Gasteiger partial charge in [-0.25, -0.2) is 0 Å². The highest BCUT2D eigenvalue weighted by molar-refractivity contribution is 6.74. The number of alkyl halides is 3. The van der Waals surface area contributed by atoms with E-state index < -0.39 is 34.5 Å². The third kappa shape index (κ3) is 8.90. The highest BCUT2D eigenvalue weighted by Gasteiger charge is 2.47. The zero-order valence-electron chi connectivity index (χ0n) is 25.6. The molecular weight excluding hydrogens is 550 g/mol. The van der Waals surface area contributed by atoms with Gasteiger partial charge in [0.05, 0.1) is 17.8 Å². The van der Waals surface area contributed by atoms with Crippen LogP contribution in [0.15, 0.2) is 49.1 Å². The molecule has 0 radical (unpaired) electrons. The maximum atomic E-state index is 13.2. The summed E-state index contributed by atoms with van der Waals surface area (Å²) in [4.78, 5) is 13.1. The first-order chi connectivity index (χ1) is 18.5. The largest absolute Gasteiger partial charge is 0.491 e. The molecule has 2 rings (SSSR count). The fourth-order valence-corrected chi connectivity index (χ4v) is 9.14. The monoisotopic (exact) mass is 598 g/mol. The van der Waals surface area contributed by atoms with E-state index in [1.165, 1.54) is 12.1 Å². The van der Waals surface area contributed by atoms with Crippen molar-refractivity contribution in [2.45, 2.75) is 109 Å². The Morgan fingerprint density at radius 2 is 1.73 bits per heavy atom. The maximum absolute atomic E-state index is 13.2. The summed E-state index contributed by atoms with van der Waals surface area (Å²) in [6.07, 6.45) is 1.57. The fourth-order valence-electron chi connectivity index (χ4n) is 5.00. The second kappa shape index (κ2) is 14.0. The summed E-state index contributed by atoms with van der Waals surface area (Å²) in [6.45, 7) is 21.3. The van der Waals surface area contributed by atoms with Gasteiger partial charge >= 0.3 is 6.18 Å². The number of rotatable bonds is 14. The van der Waals surface area contributed by atoms with Crippen LogP contribution < -0.4 is 4.74 Å². The molecule has 0 spiro atoms. The molecule has 0 amide bonds. The zero-order chi connectivity index (χ0) is 30.4. The molecule has 4 nitrogen and oxygen atoms in total. The van der Waals surface area contributed by atoms with Crippen molar-refractivity contribution in [3.05, 3.63) is 54.6 Å². The molecule has 226 valence electrons. The van der Waals surface area contributed by atoms with Gasteiger partial charge < -0.3 is 13.6 Å². The second-order valence-electron chi connectivity index (χ2n) is 12.4. The van der Waals surface area contributed by atoms with Crippen LogP contribution in [0.25, 0.3) is 0 Å². The predicted molar refractivity (Wildman–Crippen MR) is 162 cm³/mol. The van der Waals surface area contributed by atoms with Crippen LogP contribution in [0.1, 0.15) is 59.9 Å². The van der Waals surface area contributed by atoms with Gasteiger partial charge in [0.1, 0.15) is 18.1 Å². The third-order valence-corrected chi connectivity index (χ3v) is 18.0. The molecule has 1 aliphatic rings. The molecule has 0 aromatic heterocycles. The summed E-state index contributed by atoms with van der Waals surface area (Å²) in [7, 11) is -4.22. The Hall–Kier alpha value is -1.69. The minimum Gasteiger partial charge on any atom is -0.491 e. The molecule has 1 unspecified atom stereocenters. The van der Waals surface area contributed by atoms with Crippen LogP contribution in [0.3, 0.4) is 0 Å². The first-order valence-corrected chi connectivity index (χ1v) is 19.9. The van der Waals surface area contributed by atoms with E-state index in [1.54, 1.807) is 6.08 Å². The van der Waals surface area contributed by atoms with Gasteiger partial charge in [0, 0.05) is 18.3 Å². The molecule has 40 heavy (non-hydrogen) atoms. The lowest BCUT2D eigenvalue weighted by Gasteiger charge is -2.39. The van der Waals surface area contributed by atoms with Crippen molar-refractivity contribution in [3.63, 3.8) is 0 Å². The fraction of sp³-hybridized carbons (Fsp3) is 0.645. The van der Waals surface area contributed by atoms with Gasteiger partial charge in [-0.3, -0.25) is 4.79 Å². The number of ether oxygens (including phenoxy) is 1. The van der Waals surface area contributed by atoms with E-state index in [9.17, 15) is 18.0 Å². The standard InChI is InChI=1S/C31H49F3O4Si2/c1-10-15-26-27(29(21-28(26)35)38-39(8,9)30(5,6)7)19-18-25(37-40(11-2,12-3)13-4)22-36-24-17-14-16-23(20-24)31(32,33)34/h10,14,16-20,25-27,29H,1,11-13,15,21-22H2,2-9H3/t25?,26-,27-,29-/m1/s1. The topological polar surface area (TPSA) is 44.8 Å². The second-order valence-corrected chi connectivity index (χ2v) is 21.9. The molecular formula is C31H49F3O4Si2. The van der Waals surface area contributed by atoms with E-state index >= 15 is 0 Å². The number of carbonyl (C=O) groups excluding carboxylic acids is 1.